The highest BCUT2D eigenvalue weighted by Gasteiger charge is 2.28. The van der Waals surface area contributed by atoms with Gasteiger partial charge in [-0.05, 0) is 47.1 Å². The summed E-state index contributed by atoms with van der Waals surface area (Å²) in [7, 11) is 0. The third kappa shape index (κ3) is 4.28. The number of hydrogen-bond donors (Lipinski definition) is 1. The predicted octanol–water partition coefficient (Wildman–Crippen LogP) is 1.40. The molecule has 2 unspecified atom stereocenters. The molecule has 1 N–H and O–H groups in total. The largest absolute Gasteiger partial charge is 0.465 e. The average molecular weight is 242 g/mol. The molecule has 0 aromatic carbocycles. The van der Waals surface area contributed by atoms with Crippen LogP contribution in [0.4, 0.5) is 0 Å². The van der Waals surface area contributed by atoms with Gasteiger partial charge in [0.25, 0.3) is 0 Å². The van der Waals surface area contributed by atoms with Gasteiger partial charge in [0, 0.05) is 18.6 Å². The minimum Gasteiger partial charge on any atom is -0.465 e. The first-order valence-corrected chi connectivity index (χ1v) is 6.72. The Labute approximate surface area is 105 Å². The van der Waals surface area contributed by atoms with E-state index in [0.29, 0.717) is 18.7 Å². The summed E-state index contributed by atoms with van der Waals surface area (Å²) in [6.45, 7) is 10.5. The Morgan fingerprint density at radius 1 is 1.47 bits per heavy atom. The monoisotopic (exact) mass is 242 g/mol. The molecule has 1 saturated heterocycles. The van der Waals surface area contributed by atoms with Gasteiger partial charge in [-0.3, -0.25) is 9.69 Å². The first-order valence-electron chi connectivity index (χ1n) is 6.72. The van der Waals surface area contributed by atoms with E-state index in [1.54, 1.807) is 0 Å². The highest BCUT2D eigenvalue weighted by molar-refractivity contribution is 5.75. The number of rotatable bonds is 6. The Bertz CT molecular complexity index is 238. The van der Waals surface area contributed by atoms with Crippen molar-refractivity contribution >= 4 is 5.97 Å². The van der Waals surface area contributed by atoms with Crippen LogP contribution in [0.5, 0.6) is 0 Å². The van der Waals surface area contributed by atoms with Crippen molar-refractivity contribution in [1.82, 2.24) is 10.2 Å². The molecule has 0 saturated carbocycles. The van der Waals surface area contributed by atoms with Crippen molar-refractivity contribution in [2.24, 2.45) is 0 Å². The second kappa shape index (κ2) is 6.97. The van der Waals surface area contributed by atoms with Gasteiger partial charge >= 0.3 is 5.97 Å². The van der Waals surface area contributed by atoms with Crippen molar-refractivity contribution in [2.75, 3.05) is 19.7 Å². The molecular formula is C13H26N2O2. The van der Waals surface area contributed by atoms with Crippen LogP contribution in [0, 0.1) is 0 Å². The van der Waals surface area contributed by atoms with Crippen molar-refractivity contribution in [2.45, 2.75) is 58.7 Å². The lowest BCUT2D eigenvalue weighted by Crippen LogP contribution is -2.49. The molecule has 1 rings (SSSR count). The van der Waals surface area contributed by atoms with Gasteiger partial charge in [0.2, 0.25) is 0 Å². The summed E-state index contributed by atoms with van der Waals surface area (Å²) >= 11 is 0. The molecule has 0 spiro atoms. The Morgan fingerprint density at radius 3 is 2.65 bits per heavy atom. The molecule has 0 amide bonds. The number of nitrogens with one attached hydrogen (secondary N) is 1. The number of esters is 1. The molecule has 0 aromatic rings. The topological polar surface area (TPSA) is 41.6 Å². The van der Waals surface area contributed by atoms with Crippen LogP contribution in [-0.4, -0.2) is 48.7 Å². The number of hydrogen-bond acceptors (Lipinski definition) is 4. The summed E-state index contributed by atoms with van der Waals surface area (Å²) in [5.74, 6) is -0.112. The molecule has 4 heteroatoms. The highest BCUT2D eigenvalue weighted by atomic mass is 16.5. The lowest BCUT2D eigenvalue weighted by atomic mass is 10.1. The van der Waals surface area contributed by atoms with Crippen LogP contribution in [0.15, 0.2) is 0 Å². The van der Waals surface area contributed by atoms with Crippen LogP contribution < -0.4 is 5.32 Å². The average Bonchev–Trinajstić information content (AvgIpc) is 2.77. The van der Waals surface area contributed by atoms with Gasteiger partial charge in [0.05, 0.1) is 6.61 Å². The van der Waals surface area contributed by atoms with Crippen molar-refractivity contribution in [3.63, 3.8) is 0 Å². The van der Waals surface area contributed by atoms with Gasteiger partial charge in [0.1, 0.15) is 6.04 Å². The third-order valence-corrected chi connectivity index (χ3v) is 3.38. The molecule has 1 aliphatic heterocycles. The molecule has 0 radical (unpaired) electrons. The minimum atomic E-state index is -0.155. The molecule has 4 nitrogen and oxygen atoms in total. The fourth-order valence-electron chi connectivity index (χ4n) is 2.38. The maximum absolute atomic E-state index is 11.8. The second-order valence-electron chi connectivity index (χ2n) is 5.01. The predicted molar refractivity (Wildman–Crippen MR) is 69.0 cm³/mol. The number of ether oxygens (including phenoxy) is 1. The van der Waals surface area contributed by atoms with Crippen LogP contribution in [0.3, 0.4) is 0 Å². The van der Waals surface area contributed by atoms with E-state index in [2.05, 4.69) is 24.1 Å². The van der Waals surface area contributed by atoms with Gasteiger partial charge in [-0.15, -0.1) is 0 Å². The third-order valence-electron chi connectivity index (χ3n) is 3.38. The van der Waals surface area contributed by atoms with Crippen molar-refractivity contribution in [3.05, 3.63) is 0 Å². The lowest BCUT2D eigenvalue weighted by molar-refractivity contribution is -0.149. The summed E-state index contributed by atoms with van der Waals surface area (Å²) < 4.78 is 5.10. The summed E-state index contributed by atoms with van der Waals surface area (Å²) in [5, 5.41) is 3.47. The molecular weight excluding hydrogens is 216 g/mol. The molecule has 100 valence electrons. The van der Waals surface area contributed by atoms with E-state index in [9.17, 15) is 4.79 Å². The summed E-state index contributed by atoms with van der Waals surface area (Å²) in [4.78, 5) is 14.0. The number of nitrogens with zero attached hydrogens (tertiary/aromatic N) is 1. The van der Waals surface area contributed by atoms with E-state index < -0.39 is 0 Å². The minimum absolute atomic E-state index is 0.112. The Balaban J connectivity index is 2.54. The van der Waals surface area contributed by atoms with Crippen LogP contribution in [0.25, 0.3) is 0 Å². The van der Waals surface area contributed by atoms with Crippen LogP contribution in [-0.2, 0) is 9.53 Å². The van der Waals surface area contributed by atoms with Gasteiger partial charge in [0.15, 0.2) is 0 Å². The zero-order valence-electron chi connectivity index (χ0n) is 11.5. The summed E-state index contributed by atoms with van der Waals surface area (Å²) in [5.41, 5.74) is 0. The van der Waals surface area contributed by atoms with Crippen LogP contribution in [0.2, 0.25) is 0 Å². The maximum Gasteiger partial charge on any atom is 0.323 e. The van der Waals surface area contributed by atoms with Crippen molar-refractivity contribution in [1.29, 1.82) is 0 Å². The van der Waals surface area contributed by atoms with Crippen LogP contribution >= 0.6 is 0 Å². The first kappa shape index (κ1) is 14.5. The van der Waals surface area contributed by atoms with E-state index in [1.165, 1.54) is 12.8 Å². The molecule has 0 bridgehead atoms. The molecule has 0 aliphatic carbocycles. The van der Waals surface area contributed by atoms with Gasteiger partial charge in [-0.1, -0.05) is 0 Å². The molecule has 2 atom stereocenters. The molecule has 1 heterocycles. The molecule has 17 heavy (non-hydrogen) atoms. The summed E-state index contributed by atoms with van der Waals surface area (Å²) in [6, 6.07) is 0.725. The first-order chi connectivity index (χ1) is 8.06. The fraction of sp³-hybridized carbons (Fsp3) is 0.923. The highest BCUT2D eigenvalue weighted by Crippen LogP contribution is 2.13. The van der Waals surface area contributed by atoms with E-state index in [4.69, 9.17) is 4.74 Å². The SMILES string of the molecule is CCOC(=O)C(C)N(CC1CCCN1)C(C)C. The number of carbonyl (C=O) groups excluding carboxylic acids is 1. The van der Waals surface area contributed by atoms with Crippen molar-refractivity contribution < 1.29 is 9.53 Å². The van der Waals surface area contributed by atoms with Crippen molar-refractivity contribution in [3.8, 4) is 0 Å². The van der Waals surface area contributed by atoms with Gasteiger partial charge < -0.3 is 10.1 Å². The molecule has 1 fully saturated rings. The quantitative estimate of drug-likeness (QED) is 0.715. The summed E-state index contributed by atoms with van der Waals surface area (Å²) in [6.07, 6.45) is 2.45. The van der Waals surface area contributed by atoms with E-state index in [0.717, 1.165) is 13.1 Å². The normalized spacial score (nSPS) is 22.1. The Morgan fingerprint density at radius 2 is 2.18 bits per heavy atom. The lowest BCUT2D eigenvalue weighted by Gasteiger charge is -2.33. The zero-order valence-corrected chi connectivity index (χ0v) is 11.5. The maximum atomic E-state index is 11.8. The molecule has 0 aromatic heterocycles. The second-order valence-corrected chi connectivity index (χ2v) is 5.01. The fourth-order valence-corrected chi connectivity index (χ4v) is 2.38. The Hall–Kier alpha value is -0.610. The zero-order chi connectivity index (χ0) is 12.8. The standard InChI is InChI=1S/C13H26N2O2/c1-5-17-13(16)11(4)15(10(2)3)9-12-7-6-8-14-12/h10-12,14H,5-9H2,1-4H3. The van der Waals surface area contributed by atoms with E-state index in [1.807, 2.05) is 13.8 Å². The molecule has 1 aliphatic rings. The number of carbonyl (C=O) groups is 1. The van der Waals surface area contributed by atoms with Gasteiger partial charge in [-0.25, -0.2) is 0 Å². The van der Waals surface area contributed by atoms with E-state index in [-0.39, 0.29) is 12.0 Å². The smallest absolute Gasteiger partial charge is 0.323 e. The van der Waals surface area contributed by atoms with Crippen LogP contribution in [0.1, 0.15) is 40.5 Å². The Kier molecular flexibility index (Phi) is 5.92. The van der Waals surface area contributed by atoms with E-state index >= 15 is 0 Å². The van der Waals surface area contributed by atoms with Gasteiger partial charge in [-0.2, -0.15) is 0 Å².